The summed E-state index contributed by atoms with van der Waals surface area (Å²) in [6.07, 6.45) is 5.45. The number of rotatable bonds is 3. The normalized spacial score (nSPS) is 19.6. The van der Waals surface area contributed by atoms with Crippen LogP contribution in [-0.2, 0) is 4.79 Å². The number of benzene rings is 1. The second-order valence-electron chi connectivity index (χ2n) is 6.61. The molecule has 1 amide bonds. The highest BCUT2D eigenvalue weighted by Crippen LogP contribution is 2.30. The van der Waals surface area contributed by atoms with E-state index in [9.17, 15) is 4.79 Å². The molecule has 7 nitrogen and oxygen atoms in total. The van der Waals surface area contributed by atoms with Gasteiger partial charge in [0.2, 0.25) is 5.95 Å². The standard InChI is InChI=1S/C19H20N6OS/c20-14-3-1-2-13(10-14)12-5-8-25(9-6-12)19-22-7-4-15(23-19)11-16-17(26)24-18(21)27-16/h1-4,7,10-12H,5-6,8-9,20H2,(H2,21,24,26)/b16-11-. The summed E-state index contributed by atoms with van der Waals surface area (Å²) in [7, 11) is 0. The van der Waals surface area contributed by atoms with Crippen molar-refractivity contribution in [2.24, 2.45) is 0 Å². The lowest BCUT2D eigenvalue weighted by molar-refractivity contribution is -0.115. The Hall–Kier alpha value is -2.87. The van der Waals surface area contributed by atoms with Gasteiger partial charge in [-0.05, 0) is 60.4 Å². The molecule has 4 N–H and O–H groups in total. The van der Waals surface area contributed by atoms with Gasteiger partial charge in [-0.1, -0.05) is 12.1 Å². The third kappa shape index (κ3) is 3.95. The number of carbonyl (C=O) groups is 1. The van der Waals surface area contributed by atoms with Crippen molar-refractivity contribution < 1.29 is 4.79 Å². The number of nitrogens with one attached hydrogen (secondary N) is 2. The number of amides is 1. The number of nitrogens with two attached hydrogens (primary N) is 1. The van der Waals surface area contributed by atoms with Crippen LogP contribution in [0.5, 0.6) is 0 Å². The lowest BCUT2D eigenvalue weighted by Crippen LogP contribution is -2.34. The third-order valence-corrected chi connectivity index (χ3v) is 5.60. The fraction of sp³-hybridized carbons (Fsp3) is 0.263. The molecular weight excluding hydrogens is 360 g/mol. The minimum absolute atomic E-state index is 0.143. The van der Waals surface area contributed by atoms with Gasteiger partial charge in [0.15, 0.2) is 5.17 Å². The first-order chi connectivity index (χ1) is 13.1. The maximum atomic E-state index is 11.8. The van der Waals surface area contributed by atoms with Crippen LogP contribution in [0.1, 0.15) is 30.0 Å². The lowest BCUT2D eigenvalue weighted by Gasteiger charge is -2.32. The van der Waals surface area contributed by atoms with E-state index in [-0.39, 0.29) is 11.1 Å². The number of thioether (sulfide) groups is 1. The highest BCUT2D eigenvalue weighted by molar-refractivity contribution is 8.18. The number of nitrogen functional groups attached to an aromatic ring is 1. The predicted octanol–water partition coefficient (Wildman–Crippen LogP) is 2.58. The molecule has 0 radical (unpaired) electrons. The van der Waals surface area contributed by atoms with Crippen molar-refractivity contribution in [3.05, 3.63) is 52.7 Å². The topological polar surface area (TPSA) is 108 Å². The van der Waals surface area contributed by atoms with Crippen LogP contribution in [0, 0.1) is 5.41 Å². The molecule has 8 heteroatoms. The molecule has 0 bridgehead atoms. The number of hydrogen-bond acceptors (Lipinski definition) is 7. The smallest absolute Gasteiger partial charge is 0.264 e. The van der Waals surface area contributed by atoms with Crippen molar-refractivity contribution in [3.63, 3.8) is 0 Å². The second kappa shape index (κ2) is 7.40. The molecule has 0 unspecified atom stereocenters. The Morgan fingerprint density at radius 2 is 2.11 bits per heavy atom. The van der Waals surface area contributed by atoms with Gasteiger partial charge in [-0.15, -0.1) is 0 Å². The third-order valence-electron chi connectivity index (χ3n) is 4.77. The highest BCUT2D eigenvalue weighted by atomic mass is 32.2. The lowest BCUT2D eigenvalue weighted by atomic mass is 9.89. The van der Waals surface area contributed by atoms with Crippen molar-refractivity contribution in [1.82, 2.24) is 15.3 Å². The molecule has 0 saturated carbocycles. The van der Waals surface area contributed by atoms with Gasteiger partial charge >= 0.3 is 0 Å². The zero-order valence-corrected chi connectivity index (χ0v) is 15.5. The van der Waals surface area contributed by atoms with Gasteiger partial charge < -0.3 is 16.0 Å². The van der Waals surface area contributed by atoms with Gasteiger partial charge in [0.1, 0.15) is 0 Å². The van der Waals surface area contributed by atoms with Gasteiger partial charge in [-0.3, -0.25) is 10.2 Å². The first-order valence-corrected chi connectivity index (χ1v) is 9.63. The average molecular weight is 380 g/mol. The molecule has 2 fully saturated rings. The molecule has 2 aliphatic rings. The largest absolute Gasteiger partial charge is 0.399 e. The quantitative estimate of drug-likeness (QED) is 0.558. The van der Waals surface area contributed by atoms with E-state index in [1.807, 2.05) is 12.1 Å². The molecule has 27 heavy (non-hydrogen) atoms. The Balaban J connectivity index is 1.45. The summed E-state index contributed by atoms with van der Waals surface area (Å²) < 4.78 is 0. The van der Waals surface area contributed by atoms with Crippen LogP contribution in [0.25, 0.3) is 6.08 Å². The number of anilines is 2. The SMILES string of the molecule is N=C1NC(=O)/C(=C/c2ccnc(N3CCC(c4cccc(N)c4)CC3)n2)S1. The van der Waals surface area contributed by atoms with Crippen LogP contribution in [0.4, 0.5) is 11.6 Å². The molecule has 4 rings (SSSR count). The summed E-state index contributed by atoms with van der Waals surface area (Å²) in [5.41, 5.74) is 8.68. The molecule has 2 aromatic rings. The van der Waals surface area contributed by atoms with E-state index in [0.29, 0.717) is 22.5 Å². The van der Waals surface area contributed by atoms with Crippen LogP contribution in [0.3, 0.4) is 0 Å². The van der Waals surface area contributed by atoms with Gasteiger partial charge in [-0.2, -0.15) is 0 Å². The summed E-state index contributed by atoms with van der Waals surface area (Å²) in [6, 6.07) is 9.89. The Morgan fingerprint density at radius 3 is 2.81 bits per heavy atom. The Labute approximate surface area is 161 Å². The van der Waals surface area contributed by atoms with Crippen LogP contribution >= 0.6 is 11.8 Å². The second-order valence-corrected chi connectivity index (χ2v) is 7.66. The molecule has 3 heterocycles. The number of nitrogens with zero attached hydrogens (tertiary/aromatic N) is 3. The molecular formula is C19H20N6OS. The first-order valence-electron chi connectivity index (χ1n) is 8.81. The number of carbonyl (C=O) groups excluding carboxylic acids is 1. The van der Waals surface area contributed by atoms with Crippen molar-refractivity contribution in [1.29, 1.82) is 5.41 Å². The van der Waals surface area contributed by atoms with Crippen molar-refractivity contribution in [2.75, 3.05) is 23.7 Å². The van der Waals surface area contributed by atoms with E-state index in [2.05, 4.69) is 32.3 Å². The van der Waals surface area contributed by atoms with Crippen molar-refractivity contribution in [2.45, 2.75) is 18.8 Å². The maximum Gasteiger partial charge on any atom is 0.264 e. The van der Waals surface area contributed by atoms with Crippen molar-refractivity contribution >= 4 is 40.5 Å². The van der Waals surface area contributed by atoms with Gasteiger partial charge in [0, 0.05) is 25.0 Å². The first kappa shape index (κ1) is 17.5. The zero-order chi connectivity index (χ0) is 18.8. The van der Waals surface area contributed by atoms with Gasteiger partial charge in [0.05, 0.1) is 10.6 Å². The van der Waals surface area contributed by atoms with Crippen LogP contribution in [-0.4, -0.2) is 34.1 Å². The highest BCUT2D eigenvalue weighted by Gasteiger charge is 2.24. The number of piperidine rings is 1. The van der Waals surface area contributed by atoms with Crippen LogP contribution in [0.15, 0.2) is 41.4 Å². The van der Waals surface area contributed by atoms with Crippen molar-refractivity contribution in [3.8, 4) is 0 Å². The van der Waals surface area contributed by atoms with Crippen LogP contribution in [0.2, 0.25) is 0 Å². The molecule has 0 spiro atoms. The number of hydrogen-bond donors (Lipinski definition) is 3. The monoisotopic (exact) mass is 380 g/mol. The maximum absolute atomic E-state index is 11.8. The Kier molecular flexibility index (Phi) is 4.81. The molecule has 2 aliphatic heterocycles. The van der Waals surface area contributed by atoms with Crippen LogP contribution < -0.4 is 16.0 Å². The van der Waals surface area contributed by atoms with Gasteiger partial charge in [0.25, 0.3) is 5.91 Å². The van der Waals surface area contributed by atoms with E-state index in [1.54, 1.807) is 18.3 Å². The zero-order valence-electron chi connectivity index (χ0n) is 14.7. The number of aromatic nitrogens is 2. The summed E-state index contributed by atoms with van der Waals surface area (Å²) in [5, 5.41) is 10.1. The van der Waals surface area contributed by atoms with E-state index < -0.39 is 0 Å². The minimum atomic E-state index is -0.256. The summed E-state index contributed by atoms with van der Waals surface area (Å²) in [5.74, 6) is 0.918. The fourth-order valence-corrected chi connectivity index (χ4v) is 4.08. The molecule has 138 valence electrons. The Bertz CT molecular complexity index is 920. The van der Waals surface area contributed by atoms with E-state index >= 15 is 0 Å². The van der Waals surface area contributed by atoms with Gasteiger partial charge in [-0.25, -0.2) is 9.97 Å². The summed E-state index contributed by atoms with van der Waals surface area (Å²) >= 11 is 1.11. The summed E-state index contributed by atoms with van der Waals surface area (Å²) in [4.78, 5) is 23.4. The van der Waals surface area contributed by atoms with E-state index in [4.69, 9.17) is 11.1 Å². The predicted molar refractivity (Wildman–Crippen MR) is 109 cm³/mol. The average Bonchev–Trinajstić information content (AvgIpc) is 2.99. The minimum Gasteiger partial charge on any atom is -0.399 e. The molecule has 0 aliphatic carbocycles. The molecule has 1 aromatic carbocycles. The number of amidine groups is 1. The Morgan fingerprint density at radius 1 is 1.30 bits per heavy atom. The molecule has 0 atom stereocenters. The van der Waals surface area contributed by atoms with E-state index in [0.717, 1.165) is 43.4 Å². The van der Waals surface area contributed by atoms with E-state index in [1.165, 1.54) is 5.56 Å². The molecule has 1 aromatic heterocycles. The summed E-state index contributed by atoms with van der Waals surface area (Å²) in [6.45, 7) is 1.75. The fourth-order valence-electron chi connectivity index (χ4n) is 3.40. The molecule has 2 saturated heterocycles.